The quantitative estimate of drug-likeness (QED) is 0.703. The van der Waals surface area contributed by atoms with Crippen LogP contribution in [-0.2, 0) is 9.22 Å². The van der Waals surface area contributed by atoms with Gasteiger partial charge in [0, 0.05) is 12.0 Å². The van der Waals surface area contributed by atoms with E-state index in [0.717, 1.165) is 12.0 Å². The number of hydrogen-bond donors (Lipinski definition) is 0. The monoisotopic (exact) mass is 240 g/mol. The van der Waals surface area contributed by atoms with Crippen molar-refractivity contribution in [2.75, 3.05) is 6.61 Å². The molecule has 0 saturated carbocycles. The average molecular weight is 240 g/mol. The molecular weight excluding hydrogens is 216 g/mol. The summed E-state index contributed by atoms with van der Waals surface area (Å²) in [6, 6.07) is 0. The van der Waals surface area contributed by atoms with E-state index in [4.69, 9.17) is 4.43 Å². The minimum atomic E-state index is -1.72. The highest BCUT2D eigenvalue weighted by molar-refractivity contribution is 6.74. The Morgan fingerprint density at radius 1 is 1.25 bits per heavy atom. The molecule has 0 bridgehead atoms. The summed E-state index contributed by atoms with van der Waals surface area (Å²) in [5, 5.41) is 0.211. The molecule has 0 fully saturated rings. The second-order valence-corrected chi connectivity index (χ2v) is 11.0. The fraction of sp³-hybridized carbons (Fsp3) is 0.769. The summed E-state index contributed by atoms with van der Waals surface area (Å²) in [7, 11) is -1.72. The van der Waals surface area contributed by atoms with Gasteiger partial charge in [-0.3, -0.25) is 4.79 Å². The molecular formula is C13H24O2Si. The second kappa shape index (κ2) is 4.45. The van der Waals surface area contributed by atoms with E-state index in [9.17, 15) is 4.79 Å². The van der Waals surface area contributed by atoms with Crippen LogP contribution in [0.15, 0.2) is 11.1 Å². The molecule has 0 radical (unpaired) electrons. The number of allylic oxidation sites excluding steroid dienone is 1. The molecule has 0 aromatic rings. The Kier molecular flexibility index (Phi) is 3.80. The first-order chi connectivity index (χ1) is 7.15. The maximum absolute atomic E-state index is 11.6. The van der Waals surface area contributed by atoms with Gasteiger partial charge in [-0.1, -0.05) is 26.3 Å². The summed E-state index contributed by atoms with van der Waals surface area (Å²) in [4.78, 5) is 11.6. The van der Waals surface area contributed by atoms with E-state index in [1.807, 2.05) is 0 Å². The third-order valence-corrected chi connectivity index (χ3v) is 8.44. The van der Waals surface area contributed by atoms with Crippen LogP contribution in [-0.4, -0.2) is 20.7 Å². The summed E-state index contributed by atoms with van der Waals surface area (Å²) in [6.07, 6.45) is 1.61. The molecule has 1 rings (SSSR count). The molecule has 1 aliphatic carbocycles. The Hall–Kier alpha value is -0.413. The topological polar surface area (TPSA) is 26.3 Å². The lowest BCUT2D eigenvalue weighted by molar-refractivity contribution is -0.115. The highest BCUT2D eigenvalue weighted by atomic mass is 28.4. The molecule has 92 valence electrons. The normalized spacial score (nSPS) is 18.5. The zero-order valence-electron chi connectivity index (χ0n) is 11.4. The van der Waals surface area contributed by atoms with Crippen LogP contribution in [0.5, 0.6) is 0 Å². The molecule has 0 aliphatic heterocycles. The van der Waals surface area contributed by atoms with Gasteiger partial charge in [0.15, 0.2) is 14.1 Å². The first kappa shape index (κ1) is 13.7. The molecule has 0 amide bonds. The third-order valence-electron chi connectivity index (χ3n) is 3.96. The summed E-state index contributed by atoms with van der Waals surface area (Å²) in [6.45, 7) is 13.7. The highest BCUT2D eigenvalue weighted by Gasteiger charge is 2.37. The van der Waals surface area contributed by atoms with Gasteiger partial charge in [0.05, 0.1) is 6.61 Å². The zero-order chi connectivity index (χ0) is 12.6. The lowest BCUT2D eigenvalue weighted by Gasteiger charge is -2.36. The van der Waals surface area contributed by atoms with Gasteiger partial charge in [0.25, 0.3) is 0 Å². The Morgan fingerprint density at radius 2 is 1.81 bits per heavy atom. The smallest absolute Gasteiger partial charge is 0.192 e. The molecule has 2 nitrogen and oxygen atoms in total. The van der Waals surface area contributed by atoms with E-state index in [-0.39, 0.29) is 10.8 Å². The van der Waals surface area contributed by atoms with Gasteiger partial charge in [0.2, 0.25) is 0 Å². The van der Waals surface area contributed by atoms with Gasteiger partial charge in [-0.15, -0.1) is 0 Å². The fourth-order valence-corrected chi connectivity index (χ4v) is 2.45. The van der Waals surface area contributed by atoms with Crippen molar-refractivity contribution in [3.05, 3.63) is 11.1 Å². The van der Waals surface area contributed by atoms with Crippen LogP contribution in [0.2, 0.25) is 18.1 Å². The van der Waals surface area contributed by atoms with E-state index in [2.05, 4.69) is 40.8 Å². The summed E-state index contributed by atoms with van der Waals surface area (Å²) >= 11 is 0. The SMILES string of the molecule is CC1=C(CO[Si](C)(C)C(C)(C)C)C(=O)CC1. The highest BCUT2D eigenvalue weighted by Crippen LogP contribution is 2.37. The van der Waals surface area contributed by atoms with Crippen molar-refractivity contribution in [3.8, 4) is 0 Å². The van der Waals surface area contributed by atoms with Crippen LogP contribution >= 0.6 is 0 Å². The predicted octanol–water partition coefficient (Wildman–Crippen LogP) is 3.69. The van der Waals surface area contributed by atoms with Gasteiger partial charge in [-0.2, -0.15) is 0 Å². The number of rotatable bonds is 3. The van der Waals surface area contributed by atoms with Gasteiger partial charge in [0.1, 0.15) is 0 Å². The first-order valence-electron chi connectivity index (χ1n) is 6.01. The van der Waals surface area contributed by atoms with Gasteiger partial charge in [-0.25, -0.2) is 0 Å². The molecule has 0 aromatic carbocycles. The number of Topliss-reactive ketones (excluding diaryl/α,β-unsaturated/α-hetero) is 1. The predicted molar refractivity (Wildman–Crippen MR) is 70.1 cm³/mol. The minimum Gasteiger partial charge on any atom is -0.412 e. The van der Waals surface area contributed by atoms with Crippen molar-refractivity contribution in [3.63, 3.8) is 0 Å². The Bertz CT molecular complexity index is 321. The Labute approximate surface area is 100 Å². The summed E-state index contributed by atoms with van der Waals surface area (Å²) < 4.78 is 6.08. The average Bonchev–Trinajstić information content (AvgIpc) is 2.42. The number of carbonyl (C=O) groups excluding carboxylic acids is 1. The summed E-state index contributed by atoms with van der Waals surface area (Å²) in [5.41, 5.74) is 2.16. The van der Waals surface area contributed by atoms with Crippen LogP contribution in [0, 0.1) is 0 Å². The number of hydrogen-bond acceptors (Lipinski definition) is 2. The molecule has 0 saturated heterocycles. The molecule has 0 N–H and O–H groups in total. The van der Waals surface area contributed by atoms with E-state index >= 15 is 0 Å². The second-order valence-electron chi connectivity index (χ2n) is 6.23. The van der Waals surface area contributed by atoms with E-state index in [1.165, 1.54) is 5.57 Å². The Morgan fingerprint density at radius 3 is 2.19 bits per heavy atom. The molecule has 0 aromatic heterocycles. The van der Waals surface area contributed by atoms with Crippen molar-refractivity contribution in [1.29, 1.82) is 0 Å². The molecule has 0 atom stereocenters. The maximum Gasteiger partial charge on any atom is 0.192 e. The molecule has 0 heterocycles. The standard InChI is InChI=1S/C13H24O2Si/c1-10-7-8-12(14)11(10)9-15-16(5,6)13(2,3)4/h7-9H2,1-6H3. The number of carbonyl (C=O) groups is 1. The molecule has 3 heteroatoms. The van der Waals surface area contributed by atoms with Crippen LogP contribution in [0.25, 0.3) is 0 Å². The van der Waals surface area contributed by atoms with Crippen molar-refractivity contribution in [2.45, 2.75) is 58.7 Å². The molecule has 1 aliphatic rings. The van der Waals surface area contributed by atoms with Crippen LogP contribution < -0.4 is 0 Å². The molecule has 0 spiro atoms. The summed E-state index contributed by atoms with van der Waals surface area (Å²) in [5.74, 6) is 0.288. The third kappa shape index (κ3) is 2.83. The number of ketones is 1. The van der Waals surface area contributed by atoms with Gasteiger partial charge in [-0.05, 0) is 31.5 Å². The van der Waals surface area contributed by atoms with Crippen LogP contribution in [0.3, 0.4) is 0 Å². The molecule has 16 heavy (non-hydrogen) atoms. The largest absolute Gasteiger partial charge is 0.412 e. The van der Waals surface area contributed by atoms with Gasteiger partial charge >= 0.3 is 0 Å². The van der Waals surface area contributed by atoms with Crippen molar-refractivity contribution < 1.29 is 9.22 Å². The maximum atomic E-state index is 11.6. The van der Waals surface area contributed by atoms with Crippen molar-refractivity contribution in [1.82, 2.24) is 0 Å². The van der Waals surface area contributed by atoms with Crippen molar-refractivity contribution in [2.24, 2.45) is 0 Å². The van der Waals surface area contributed by atoms with Crippen LogP contribution in [0.1, 0.15) is 40.5 Å². The van der Waals surface area contributed by atoms with Gasteiger partial charge < -0.3 is 4.43 Å². The van der Waals surface area contributed by atoms with E-state index in [1.54, 1.807) is 0 Å². The van der Waals surface area contributed by atoms with Crippen molar-refractivity contribution >= 4 is 14.1 Å². The first-order valence-corrected chi connectivity index (χ1v) is 8.92. The molecule has 0 unspecified atom stereocenters. The lowest BCUT2D eigenvalue weighted by Crippen LogP contribution is -2.41. The van der Waals surface area contributed by atoms with Crippen LogP contribution in [0.4, 0.5) is 0 Å². The van der Waals surface area contributed by atoms with E-state index < -0.39 is 8.32 Å². The Balaban J connectivity index is 2.65. The zero-order valence-corrected chi connectivity index (χ0v) is 12.4. The van der Waals surface area contributed by atoms with E-state index in [0.29, 0.717) is 13.0 Å². The lowest BCUT2D eigenvalue weighted by atomic mass is 10.2. The fourth-order valence-electron chi connectivity index (χ4n) is 1.51. The minimum absolute atomic E-state index is 0.211.